The molecule has 1 aliphatic heterocycles. The highest BCUT2D eigenvalue weighted by atomic mass is 35.5. The van der Waals surface area contributed by atoms with E-state index >= 15 is 0 Å². The molecule has 0 atom stereocenters. The SMILES string of the molecule is C[NH+]1CC[NH+](Cc2ccc(Cl)nc2)CC1. The number of nitrogens with zero attached hydrogens (tertiary/aromatic N) is 1. The second kappa shape index (κ2) is 4.92. The lowest BCUT2D eigenvalue weighted by atomic mass is 10.2. The van der Waals surface area contributed by atoms with E-state index < -0.39 is 0 Å². The smallest absolute Gasteiger partial charge is 0.129 e. The number of aromatic nitrogens is 1. The summed E-state index contributed by atoms with van der Waals surface area (Å²) < 4.78 is 0. The number of rotatable bonds is 2. The van der Waals surface area contributed by atoms with Crippen LogP contribution in [0.2, 0.25) is 5.15 Å². The zero-order valence-corrected chi connectivity index (χ0v) is 9.85. The predicted octanol–water partition coefficient (Wildman–Crippen LogP) is -1.35. The van der Waals surface area contributed by atoms with Gasteiger partial charge >= 0.3 is 0 Å². The van der Waals surface area contributed by atoms with E-state index in [0.29, 0.717) is 5.15 Å². The van der Waals surface area contributed by atoms with Crippen LogP contribution < -0.4 is 9.80 Å². The molecule has 0 unspecified atom stereocenters. The van der Waals surface area contributed by atoms with Crippen LogP contribution in [0.25, 0.3) is 0 Å². The topological polar surface area (TPSA) is 21.8 Å². The lowest BCUT2D eigenvalue weighted by Gasteiger charge is -2.27. The van der Waals surface area contributed by atoms with Gasteiger partial charge in [0.05, 0.1) is 7.05 Å². The van der Waals surface area contributed by atoms with Crippen molar-refractivity contribution in [1.82, 2.24) is 4.98 Å². The molecule has 2 N–H and O–H groups in total. The molecular weight excluding hydrogens is 210 g/mol. The fourth-order valence-electron chi connectivity index (χ4n) is 2.01. The highest BCUT2D eigenvalue weighted by molar-refractivity contribution is 6.29. The minimum Gasteiger partial charge on any atom is -0.328 e. The molecule has 1 aromatic heterocycles. The summed E-state index contributed by atoms with van der Waals surface area (Å²) >= 11 is 5.75. The molecule has 1 saturated heterocycles. The molecule has 3 nitrogen and oxygen atoms in total. The van der Waals surface area contributed by atoms with Crippen molar-refractivity contribution in [1.29, 1.82) is 0 Å². The van der Waals surface area contributed by atoms with E-state index in [9.17, 15) is 0 Å². The van der Waals surface area contributed by atoms with Crippen LogP contribution in [0.3, 0.4) is 0 Å². The zero-order valence-electron chi connectivity index (χ0n) is 9.09. The first-order chi connectivity index (χ1) is 7.24. The van der Waals surface area contributed by atoms with Gasteiger partial charge in [0.1, 0.15) is 37.9 Å². The van der Waals surface area contributed by atoms with Crippen molar-refractivity contribution in [3.8, 4) is 0 Å². The van der Waals surface area contributed by atoms with Gasteiger partial charge in [0, 0.05) is 11.8 Å². The van der Waals surface area contributed by atoms with Crippen molar-refractivity contribution in [3.05, 3.63) is 29.0 Å². The molecule has 82 valence electrons. The molecule has 0 radical (unpaired) electrons. The largest absolute Gasteiger partial charge is 0.328 e. The normalized spacial score (nSPS) is 26.5. The Hall–Kier alpha value is -0.640. The van der Waals surface area contributed by atoms with Gasteiger partial charge in [0.2, 0.25) is 0 Å². The number of likely N-dealkylation sites (N-methyl/N-ethyl adjacent to an activating group) is 1. The Labute approximate surface area is 95.7 Å². The van der Waals surface area contributed by atoms with Crippen LogP contribution in [0.15, 0.2) is 18.3 Å². The quantitative estimate of drug-likeness (QED) is 0.600. The fraction of sp³-hybridized carbons (Fsp3) is 0.545. The van der Waals surface area contributed by atoms with Crippen LogP contribution in [-0.4, -0.2) is 38.2 Å². The molecule has 1 fully saturated rings. The Kier molecular flexibility index (Phi) is 3.57. The molecule has 4 heteroatoms. The van der Waals surface area contributed by atoms with Gasteiger partial charge in [-0.05, 0) is 12.1 Å². The molecule has 0 saturated carbocycles. The van der Waals surface area contributed by atoms with Crippen LogP contribution in [0.1, 0.15) is 5.56 Å². The number of quaternary nitrogens is 2. The van der Waals surface area contributed by atoms with Gasteiger partial charge in [-0.3, -0.25) is 0 Å². The van der Waals surface area contributed by atoms with Gasteiger partial charge in [-0.15, -0.1) is 0 Å². The molecule has 2 rings (SSSR count). The summed E-state index contributed by atoms with van der Waals surface area (Å²) in [6.45, 7) is 6.15. The summed E-state index contributed by atoms with van der Waals surface area (Å²) in [6, 6.07) is 3.95. The average molecular weight is 228 g/mol. The van der Waals surface area contributed by atoms with Gasteiger partial charge < -0.3 is 9.80 Å². The maximum absolute atomic E-state index is 5.75. The van der Waals surface area contributed by atoms with Crippen LogP contribution in [0.4, 0.5) is 0 Å². The van der Waals surface area contributed by atoms with E-state index in [2.05, 4.69) is 18.1 Å². The summed E-state index contributed by atoms with van der Waals surface area (Å²) in [4.78, 5) is 7.41. The molecule has 2 heterocycles. The highest BCUT2D eigenvalue weighted by Gasteiger charge is 2.19. The molecule has 1 aromatic rings. The molecule has 1 aliphatic rings. The molecule has 15 heavy (non-hydrogen) atoms. The number of hydrogen-bond acceptors (Lipinski definition) is 1. The maximum Gasteiger partial charge on any atom is 0.129 e. The fourth-order valence-corrected chi connectivity index (χ4v) is 2.12. The summed E-state index contributed by atoms with van der Waals surface area (Å²) in [6.07, 6.45) is 1.89. The Morgan fingerprint density at radius 1 is 1.27 bits per heavy atom. The number of pyridine rings is 1. The van der Waals surface area contributed by atoms with E-state index in [1.807, 2.05) is 12.3 Å². The first-order valence-corrected chi connectivity index (χ1v) is 5.87. The third-order valence-corrected chi connectivity index (χ3v) is 3.28. The minimum atomic E-state index is 0.580. The number of hydrogen-bond donors (Lipinski definition) is 2. The third kappa shape index (κ3) is 3.16. The summed E-state index contributed by atoms with van der Waals surface area (Å²) in [5, 5.41) is 0.580. The third-order valence-electron chi connectivity index (χ3n) is 3.05. The summed E-state index contributed by atoms with van der Waals surface area (Å²) in [5.74, 6) is 0. The van der Waals surface area contributed by atoms with Gasteiger partial charge in [-0.1, -0.05) is 11.6 Å². The lowest BCUT2D eigenvalue weighted by molar-refractivity contribution is -1.01. The van der Waals surface area contributed by atoms with Crippen molar-refractivity contribution >= 4 is 11.6 Å². The van der Waals surface area contributed by atoms with Crippen molar-refractivity contribution in [2.75, 3.05) is 33.2 Å². The van der Waals surface area contributed by atoms with Crippen molar-refractivity contribution < 1.29 is 9.80 Å². The highest BCUT2D eigenvalue weighted by Crippen LogP contribution is 2.03. The number of piperazine rings is 1. The van der Waals surface area contributed by atoms with Crippen LogP contribution >= 0.6 is 11.6 Å². The van der Waals surface area contributed by atoms with Crippen molar-refractivity contribution in [2.24, 2.45) is 0 Å². The maximum atomic E-state index is 5.75. The first kappa shape index (κ1) is 10.9. The molecule has 0 spiro atoms. The molecule has 0 aromatic carbocycles. The van der Waals surface area contributed by atoms with Crippen LogP contribution in [0.5, 0.6) is 0 Å². The molecule has 0 aliphatic carbocycles. The summed E-state index contributed by atoms with van der Waals surface area (Å²) in [7, 11) is 2.26. The molecular formula is C11H18ClN3+2. The van der Waals surface area contributed by atoms with Gasteiger partial charge in [-0.25, -0.2) is 4.98 Å². The summed E-state index contributed by atoms with van der Waals surface area (Å²) in [5.41, 5.74) is 1.29. The van der Waals surface area contributed by atoms with Crippen LogP contribution in [0, 0.1) is 0 Å². The van der Waals surface area contributed by atoms with Gasteiger partial charge in [-0.2, -0.15) is 0 Å². The Morgan fingerprint density at radius 3 is 2.60 bits per heavy atom. The van der Waals surface area contributed by atoms with E-state index in [4.69, 9.17) is 11.6 Å². The number of nitrogens with one attached hydrogen (secondary N) is 2. The molecule has 0 amide bonds. The first-order valence-electron chi connectivity index (χ1n) is 5.49. The Balaban J connectivity index is 1.89. The average Bonchev–Trinajstić information content (AvgIpc) is 2.25. The van der Waals surface area contributed by atoms with E-state index in [1.54, 1.807) is 9.80 Å². The van der Waals surface area contributed by atoms with Crippen LogP contribution in [-0.2, 0) is 6.54 Å². The van der Waals surface area contributed by atoms with Crippen molar-refractivity contribution in [2.45, 2.75) is 6.54 Å². The minimum absolute atomic E-state index is 0.580. The van der Waals surface area contributed by atoms with Gasteiger partial charge in [0.25, 0.3) is 0 Å². The lowest BCUT2D eigenvalue weighted by Crippen LogP contribution is -3.26. The second-order valence-electron chi connectivity index (χ2n) is 4.37. The Morgan fingerprint density at radius 2 is 2.00 bits per heavy atom. The van der Waals surface area contributed by atoms with E-state index in [-0.39, 0.29) is 0 Å². The predicted molar refractivity (Wildman–Crippen MR) is 60.3 cm³/mol. The molecule has 0 bridgehead atoms. The van der Waals surface area contributed by atoms with E-state index in [0.717, 1.165) is 6.54 Å². The van der Waals surface area contributed by atoms with Crippen molar-refractivity contribution in [3.63, 3.8) is 0 Å². The number of halogens is 1. The standard InChI is InChI=1S/C11H16ClN3/c1-14-4-6-15(7-5-14)9-10-2-3-11(12)13-8-10/h2-3,8H,4-7,9H2,1H3/p+2. The van der Waals surface area contributed by atoms with Gasteiger partial charge in [0.15, 0.2) is 0 Å². The zero-order chi connectivity index (χ0) is 10.7. The second-order valence-corrected chi connectivity index (χ2v) is 4.76. The monoisotopic (exact) mass is 227 g/mol. The van der Waals surface area contributed by atoms with E-state index in [1.165, 1.54) is 31.7 Å². The Bertz CT molecular complexity index is 304.